The molecule has 0 aliphatic carbocycles. The van der Waals surface area contributed by atoms with Crippen molar-refractivity contribution < 1.29 is 0 Å². The molecule has 0 bridgehead atoms. The van der Waals surface area contributed by atoms with Crippen LogP contribution in [0.4, 0.5) is 0 Å². The second kappa shape index (κ2) is 7.26. The lowest BCUT2D eigenvalue weighted by Gasteiger charge is -2.18. The molecule has 1 heterocycles. The molecule has 1 unspecified atom stereocenters. The van der Waals surface area contributed by atoms with E-state index in [0.717, 1.165) is 13.0 Å². The summed E-state index contributed by atoms with van der Waals surface area (Å²) in [5.74, 6) is 0. The summed E-state index contributed by atoms with van der Waals surface area (Å²) >= 11 is 4.19. The van der Waals surface area contributed by atoms with Crippen LogP contribution in [0.3, 0.4) is 0 Å². The number of halogens is 1. The maximum absolute atomic E-state index is 3.65. The van der Waals surface area contributed by atoms with Crippen LogP contribution in [0.15, 0.2) is 41.8 Å². The summed E-state index contributed by atoms with van der Waals surface area (Å²) in [5, 5.41) is 5.80. The second-order valence-corrected chi connectivity index (χ2v) is 6.62. The molecule has 1 N–H and O–H groups in total. The first-order valence-electron chi connectivity index (χ1n) is 6.31. The van der Waals surface area contributed by atoms with Crippen LogP contribution in [0.1, 0.15) is 29.8 Å². The zero-order valence-electron chi connectivity index (χ0n) is 10.5. The first-order chi connectivity index (χ1) is 8.79. The molecular formula is C15H18INS. The highest BCUT2D eigenvalue weighted by Crippen LogP contribution is 2.22. The summed E-state index contributed by atoms with van der Waals surface area (Å²) in [6, 6.07) is 13.6. The van der Waals surface area contributed by atoms with Gasteiger partial charge in [-0.3, -0.25) is 0 Å². The van der Waals surface area contributed by atoms with Gasteiger partial charge >= 0.3 is 0 Å². The topological polar surface area (TPSA) is 12.0 Å². The normalized spacial score (nSPS) is 12.6. The maximum atomic E-state index is 3.65. The molecule has 0 radical (unpaired) electrons. The first kappa shape index (κ1) is 14.0. The Labute approximate surface area is 127 Å². The Kier molecular flexibility index (Phi) is 5.66. The molecule has 1 nitrogen and oxygen atoms in total. The molecule has 18 heavy (non-hydrogen) atoms. The molecule has 1 aromatic carbocycles. The average molecular weight is 371 g/mol. The molecule has 96 valence electrons. The predicted octanol–water partition coefficient (Wildman–Crippen LogP) is 4.64. The van der Waals surface area contributed by atoms with Crippen LogP contribution in [-0.2, 0) is 6.42 Å². The minimum atomic E-state index is 0.431. The van der Waals surface area contributed by atoms with Crippen LogP contribution in [0.2, 0.25) is 0 Å². The number of benzene rings is 1. The summed E-state index contributed by atoms with van der Waals surface area (Å²) < 4.78 is 1.29. The lowest BCUT2D eigenvalue weighted by molar-refractivity contribution is 0.532. The molecule has 3 heteroatoms. The Bertz CT molecular complexity index is 450. The van der Waals surface area contributed by atoms with Crippen molar-refractivity contribution in [2.24, 2.45) is 0 Å². The molecule has 2 aromatic rings. The first-order valence-corrected chi connectivity index (χ1v) is 8.26. The van der Waals surface area contributed by atoms with Gasteiger partial charge in [-0.2, -0.15) is 0 Å². The van der Waals surface area contributed by atoms with Crippen LogP contribution in [-0.4, -0.2) is 6.54 Å². The van der Waals surface area contributed by atoms with Gasteiger partial charge in [0.2, 0.25) is 0 Å². The highest BCUT2D eigenvalue weighted by molar-refractivity contribution is 14.1. The van der Waals surface area contributed by atoms with Crippen molar-refractivity contribution in [1.29, 1.82) is 0 Å². The molecule has 0 aliphatic heterocycles. The molecule has 0 spiro atoms. The molecule has 0 saturated carbocycles. The fourth-order valence-corrected chi connectivity index (χ4v) is 3.06. The van der Waals surface area contributed by atoms with E-state index in [0.29, 0.717) is 6.04 Å². The van der Waals surface area contributed by atoms with Crippen LogP contribution in [0.5, 0.6) is 0 Å². The third kappa shape index (κ3) is 4.07. The van der Waals surface area contributed by atoms with Gasteiger partial charge < -0.3 is 5.32 Å². The lowest BCUT2D eigenvalue weighted by Crippen LogP contribution is -2.23. The van der Waals surface area contributed by atoms with Gasteiger partial charge in [0.05, 0.1) is 0 Å². The molecule has 0 aliphatic rings. The van der Waals surface area contributed by atoms with Crippen LogP contribution >= 0.6 is 33.9 Å². The second-order valence-electron chi connectivity index (χ2n) is 4.34. The van der Waals surface area contributed by atoms with Crippen molar-refractivity contribution in [3.05, 3.63) is 55.8 Å². The fourth-order valence-electron chi connectivity index (χ4n) is 1.95. The standard InChI is InChI=1S/C15H18INS/c1-2-9-17-15(11-14-4-3-10-18-14)12-5-7-13(16)8-6-12/h3-8,10,15,17H,2,9,11H2,1H3. The smallest absolute Gasteiger partial charge is 0.0368 e. The number of nitrogens with one attached hydrogen (secondary N) is 1. The summed E-state index contributed by atoms with van der Waals surface area (Å²) in [4.78, 5) is 1.45. The summed E-state index contributed by atoms with van der Waals surface area (Å²) in [5.41, 5.74) is 1.39. The Balaban J connectivity index is 2.11. The molecule has 1 atom stereocenters. The molecule has 2 rings (SSSR count). The van der Waals surface area contributed by atoms with E-state index in [1.165, 1.54) is 20.4 Å². The van der Waals surface area contributed by atoms with Crippen LogP contribution < -0.4 is 5.32 Å². The average Bonchev–Trinajstić information content (AvgIpc) is 2.88. The predicted molar refractivity (Wildman–Crippen MR) is 88.2 cm³/mol. The van der Waals surface area contributed by atoms with Crippen LogP contribution in [0.25, 0.3) is 0 Å². The highest BCUT2D eigenvalue weighted by atomic mass is 127. The Morgan fingerprint density at radius 2 is 2.00 bits per heavy atom. The number of hydrogen-bond donors (Lipinski definition) is 1. The van der Waals surface area contributed by atoms with Crippen molar-refractivity contribution in [2.45, 2.75) is 25.8 Å². The zero-order chi connectivity index (χ0) is 12.8. The van der Waals surface area contributed by atoms with Gasteiger partial charge in [-0.25, -0.2) is 0 Å². The number of thiophene rings is 1. The van der Waals surface area contributed by atoms with Crippen molar-refractivity contribution in [3.8, 4) is 0 Å². The lowest BCUT2D eigenvalue weighted by atomic mass is 10.0. The minimum absolute atomic E-state index is 0.431. The molecule has 0 saturated heterocycles. The van der Waals surface area contributed by atoms with E-state index in [1.54, 1.807) is 0 Å². The largest absolute Gasteiger partial charge is 0.310 e. The highest BCUT2D eigenvalue weighted by Gasteiger charge is 2.11. The minimum Gasteiger partial charge on any atom is -0.310 e. The van der Waals surface area contributed by atoms with Crippen LogP contribution in [0, 0.1) is 3.57 Å². The quantitative estimate of drug-likeness (QED) is 0.730. The summed E-state index contributed by atoms with van der Waals surface area (Å²) in [6.07, 6.45) is 2.25. The van der Waals surface area contributed by atoms with E-state index in [4.69, 9.17) is 0 Å². The fraction of sp³-hybridized carbons (Fsp3) is 0.333. The van der Waals surface area contributed by atoms with Crippen molar-refractivity contribution in [2.75, 3.05) is 6.54 Å². The van der Waals surface area contributed by atoms with E-state index < -0.39 is 0 Å². The number of rotatable bonds is 6. The van der Waals surface area contributed by atoms with Gasteiger partial charge in [-0.1, -0.05) is 25.1 Å². The summed E-state index contributed by atoms with van der Waals surface area (Å²) in [6.45, 7) is 3.28. The van der Waals surface area contributed by atoms with Crippen molar-refractivity contribution in [1.82, 2.24) is 5.32 Å². The zero-order valence-corrected chi connectivity index (χ0v) is 13.5. The Hall–Kier alpha value is -0.390. The van der Waals surface area contributed by atoms with E-state index in [9.17, 15) is 0 Å². The monoisotopic (exact) mass is 371 g/mol. The number of hydrogen-bond acceptors (Lipinski definition) is 2. The van der Waals surface area contributed by atoms with E-state index in [-0.39, 0.29) is 0 Å². The van der Waals surface area contributed by atoms with E-state index >= 15 is 0 Å². The molecular weight excluding hydrogens is 353 g/mol. The molecule has 0 fully saturated rings. The third-order valence-corrected chi connectivity index (χ3v) is 4.52. The van der Waals surface area contributed by atoms with E-state index in [2.05, 4.69) is 76.6 Å². The maximum Gasteiger partial charge on any atom is 0.0368 e. The van der Waals surface area contributed by atoms with Gasteiger partial charge in [-0.15, -0.1) is 11.3 Å². The van der Waals surface area contributed by atoms with Gasteiger partial charge in [0, 0.05) is 20.9 Å². The van der Waals surface area contributed by atoms with Gasteiger partial charge in [-0.05, 0) is 64.7 Å². The summed E-state index contributed by atoms with van der Waals surface area (Å²) in [7, 11) is 0. The SMILES string of the molecule is CCCNC(Cc1cccs1)c1ccc(I)cc1. The van der Waals surface area contributed by atoms with Crippen molar-refractivity contribution in [3.63, 3.8) is 0 Å². The Morgan fingerprint density at radius 1 is 1.22 bits per heavy atom. The van der Waals surface area contributed by atoms with Gasteiger partial charge in [0.25, 0.3) is 0 Å². The van der Waals surface area contributed by atoms with Gasteiger partial charge in [0.1, 0.15) is 0 Å². The third-order valence-electron chi connectivity index (χ3n) is 2.90. The van der Waals surface area contributed by atoms with Gasteiger partial charge in [0.15, 0.2) is 0 Å². The Morgan fingerprint density at radius 3 is 2.61 bits per heavy atom. The molecule has 1 aromatic heterocycles. The van der Waals surface area contributed by atoms with Crippen molar-refractivity contribution >= 4 is 33.9 Å². The molecule has 0 amide bonds. The van der Waals surface area contributed by atoms with E-state index in [1.807, 2.05) is 11.3 Å².